The molecule has 0 N–H and O–H groups in total. The molecule has 0 nitrogen and oxygen atoms in total. The maximum Gasteiger partial charge on any atom is 0.0725 e. The summed E-state index contributed by atoms with van der Waals surface area (Å²) in [6.45, 7) is 7.01. The first kappa shape index (κ1) is 32.2. The molecule has 9 aromatic rings. The van der Waals surface area contributed by atoms with Gasteiger partial charge in [0.1, 0.15) is 0 Å². The summed E-state index contributed by atoms with van der Waals surface area (Å²) in [5, 5.41) is 8.15. The molecular formula is C59H40. The summed E-state index contributed by atoms with van der Waals surface area (Å²) in [6.07, 6.45) is 7.44. The number of rotatable bonds is 1. The quantitative estimate of drug-likeness (QED) is 0.157. The summed E-state index contributed by atoms with van der Waals surface area (Å²) < 4.78 is 0. The van der Waals surface area contributed by atoms with Crippen molar-refractivity contribution in [3.8, 4) is 55.6 Å². The van der Waals surface area contributed by atoms with Crippen LogP contribution in [-0.2, 0) is 5.41 Å². The average Bonchev–Trinajstić information content (AvgIpc) is 3.96. The Hall–Kier alpha value is -6.76. The zero-order chi connectivity index (χ0) is 38.9. The van der Waals surface area contributed by atoms with Gasteiger partial charge in [0.2, 0.25) is 0 Å². The SMILES string of the molecule is CC(C)(C)C1=CC2c3cccc4c(-c5c6c(cc7ccccc57)-c5cc7c(c8cccc-6c58)-c5ccccc5C75c6ccccc6-c6ccccc65)ccc(c34)C2C=C1. The van der Waals surface area contributed by atoms with Gasteiger partial charge in [-0.3, -0.25) is 0 Å². The molecule has 59 heavy (non-hydrogen) atoms. The molecule has 0 bridgehead atoms. The minimum absolute atomic E-state index is 0.112. The molecule has 0 radical (unpaired) electrons. The molecule has 5 aliphatic rings. The van der Waals surface area contributed by atoms with Crippen molar-refractivity contribution in [1.82, 2.24) is 0 Å². The molecule has 2 unspecified atom stereocenters. The van der Waals surface area contributed by atoms with Crippen molar-refractivity contribution in [3.05, 3.63) is 215 Å². The lowest BCUT2D eigenvalue weighted by atomic mass is 9.70. The summed E-state index contributed by atoms with van der Waals surface area (Å²) in [4.78, 5) is 0. The summed E-state index contributed by atoms with van der Waals surface area (Å²) in [5.41, 5.74) is 23.2. The van der Waals surface area contributed by atoms with Crippen molar-refractivity contribution < 1.29 is 0 Å². The maximum atomic E-state index is 2.62. The van der Waals surface area contributed by atoms with E-state index >= 15 is 0 Å². The molecule has 0 aromatic heterocycles. The van der Waals surface area contributed by atoms with Gasteiger partial charge >= 0.3 is 0 Å². The molecule has 1 spiro atoms. The first-order valence-corrected chi connectivity index (χ1v) is 21.4. The number of hydrogen-bond donors (Lipinski definition) is 0. The zero-order valence-corrected chi connectivity index (χ0v) is 33.4. The Morgan fingerprint density at radius 2 is 1.03 bits per heavy atom. The van der Waals surface area contributed by atoms with E-state index < -0.39 is 5.41 Å². The van der Waals surface area contributed by atoms with E-state index in [2.05, 4.69) is 197 Å². The molecule has 2 atom stereocenters. The van der Waals surface area contributed by atoms with Crippen molar-refractivity contribution in [2.45, 2.75) is 38.0 Å². The fourth-order valence-electron chi connectivity index (χ4n) is 12.6. The van der Waals surface area contributed by atoms with Crippen molar-refractivity contribution in [3.63, 3.8) is 0 Å². The number of allylic oxidation sites excluding steroid dienone is 4. The second-order valence-corrected chi connectivity index (χ2v) is 18.6. The third-order valence-electron chi connectivity index (χ3n) is 14.9. The maximum absolute atomic E-state index is 2.62. The van der Waals surface area contributed by atoms with E-state index in [0.717, 1.165) is 0 Å². The third-order valence-corrected chi connectivity index (χ3v) is 14.9. The van der Waals surface area contributed by atoms with Crippen LogP contribution in [0.4, 0.5) is 0 Å². The second-order valence-electron chi connectivity index (χ2n) is 18.6. The molecule has 9 aromatic carbocycles. The number of benzene rings is 9. The van der Waals surface area contributed by atoms with Crippen LogP contribution in [0.15, 0.2) is 182 Å². The van der Waals surface area contributed by atoms with Crippen LogP contribution < -0.4 is 0 Å². The van der Waals surface area contributed by atoms with Gasteiger partial charge in [0.05, 0.1) is 5.41 Å². The highest BCUT2D eigenvalue weighted by Crippen LogP contribution is 2.66. The Balaban J connectivity index is 1.09. The van der Waals surface area contributed by atoms with Crippen molar-refractivity contribution in [2.24, 2.45) is 5.41 Å². The normalized spacial score (nSPS) is 17.9. The van der Waals surface area contributed by atoms with Crippen LogP contribution >= 0.6 is 0 Å². The molecule has 0 heteroatoms. The molecule has 0 fully saturated rings. The van der Waals surface area contributed by atoms with Gasteiger partial charge in [-0.05, 0) is 144 Å². The van der Waals surface area contributed by atoms with Gasteiger partial charge in [-0.15, -0.1) is 0 Å². The predicted molar refractivity (Wildman–Crippen MR) is 247 cm³/mol. The number of fused-ring (bicyclic) bond motifs is 18. The summed E-state index contributed by atoms with van der Waals surface area (Å²) in [6, 6.07) is 61.0. The third kappa shape index (κ3) is 3.78. The van der Waals surface area contributed by atoms with Crippen LogP contribution in [0.25, 0.3) is 88.0 Å². The first-order chi connectivity index (χ1) is 28.9. The molecular weight excluding hydrogens is 709 g/mol. The van der Waals surface area contributed by atoms with Gasteiger partial charge in [-0.2, -0.15) is 0 Å². The molecule has 5 aliphatic carbocycles. The van der Waals surface area contributed by atoms with Gasteiger partial charge < -0.3 is 0 Å². The molecule has 0 aliphatic heterocycles. The van der Waals surface area contributed by atoms with Gasteiger partial charge in [0.25, 0.3) is 0 Å². The van der Waals surface area contributed by atoms with Crippen LogP contribution in [0.2, 0.25) is 0 Å². The highest BCUT2D eigenvalue weighted by molar-refractivity contribution is 6.27. The van der Waals surface area contributed by atoms with E-state index in [-0.39, 0.29) is 5.41 Å². The van der Waals surface area contributed by atoms with Gasteiger partial charge in [-0.1, -0.05) is 185 Å². The molecule has 0 saturated carbocycles. The van der Waals surface area contributed by atoms with Crippen LogP contribution in [-0.4, -0.2) is 0 Å². The molecule has 0 heterocycles. The summed E-state index contributed by atoms with van der Waals surface area (Å²) >= 11 is 0. The zero-order valence-electron chi connectivity index (χ0n) is 33.4. The molecule has 276 valence electrons. The first-order valence-electron chi connectivity index (χ1n) is 21.4. The Bertz CT molecular complexity index is 3440. The lowest BCUT2D eigenvalue weighted by Gasteiger charge is -2.30. The van der Waals surface area contributed by atoms with Crippen LogP contribution in [0.3, 0.4) is 0 Å². The van der Waals surface area contributed by atoms with E-state index in [4.69, 9.17) is 0 Å². The van der Waals surface area contributed by atoms with Crippen LogP contribution in [0, 0.1) is 5.41 Å². The van der Waals surface area contributed by atoms with Crippen molar-refractivity contribution >= 4 is 32.3 Å². The summed E-state index contributed by atoms with van der Waals surface area (Å²) in [7, 11) is 0. The van der Waals surface area contributed by atoms with E-state index in [1.165, 1.54) is 127 Å². The van der Waals surface area contributed by atoms with Crippen molar-refractivity contribution in [1.29, 1.82) is 0 Å². The molecule has 0 saturated heterocycles. The molecule has 0 amide bonds. The summed E-state index contributed by atoms with van der Waals surface area (Å²) in [5.74, 6) is 0.734. The fourth-order valence-corrected chi connectivity index (χ4v) is 12.6. The van der Waals surface area contributed by atoms with E-state index in [1.807, 2.05) is 0 Å². The monoisotopic (exact) mass is 748 g/mol. The average molecular weight is 749 g/mol. The highest BCUT2D eigenvalue weighted by atomic mass is 14.5. The van der Waals surface area contributed by atoms with E-state index in [0.29, 0.717) is 11.8 Å². The van der Waals surface area contributed by atoms with E-state index in [9.17, 15) is 0 Å². The van der Waals surface area contributed by atoms with Gasteiger partial charge in [-0.25, -0.2) is 0 Å². The van der Waals surface area contributed by atoms with Crippen LogP contribution in [0.5, 0.6) is 0 Å². The van der Waals surface area contributed by atoms with Crippen LogP contribution in [0.1, 0.15) is 66.0 Å². The standard InChI is InChI=1S/C59H40/c1-58(2,3)34-26-27-36-41-28-29-42(39-19-12-20-40(53(39)41)46(36)31-34)56-35-15-5-4-14-33(35)30-47-48-32-52-55(44-21-13-22-45(54(44)48)57(47)56)43-18-8-11-25-51(43)59(52)49-23-9-6-16-37(49)38-17-7-10-24-50(38)59/h4-32,36,46H,1-3H3. The minimum Gasteiger partial charge on any atom is -0.0758 e. The van der Waals surface area contributed by atoms with Gasteiger partial charge in [0.15, 0.2) is 0 Å². The Labute approximate surface area is 344 Å². The molecule has 14 rings (SSSR count). The minimum atomic E-state index is -0.396. The van der Waals surface area contributed by atoms with E-state index in [1.54, 1.807) is 0 Å². The fraction of sp³-hybridized carbons (Fsp3) is 0.119. The predicted octanol–water partition coefficient (Wildman–Crippen LogP) is 15.5. The Kier molecular flexibility index (Phi) is 5.92. The lowest BCUT2D eigenvalue weighted by Crippen LogP contribution is -2.25. The Morgan fingerprint density at radius 3 is 1.81 bits per heavy atom. The topological polar surface area (TPSA) is 0 Å². The highest BCUT2D eigenvalue weighted by Gasteiger charge is 2.52. The number of hydrogen-bond acceptors (Lipinski definition) is 0. The van der Waals surface area contributed by atoms with Gasteiger partial charge in [0, 0.05) is 11.8 Å². The largest absolute Gasteiger partial charge is 0.0758 e. The lowest BCUT2D eigenvalue weighted by molar-refractivity contribution is 0.507. The second kappa shape index (κ2) is 10.8. The Morgan fingerprint density at radius 1 is 0.407 bits per heavy atom. The van der Waals surface area contributed by atoms with Crippen molar-refractivity contribution in [2.75, 3.05) is 0 Å². The smallest absolute Gasteiger partial charge is 0.0725 e.